The minimum Gasteiger partial charge on any atom is -0.488 e. The first kappa shape index (κ1) is 19.9. The average molecular weight is 411 g/mol. The predicted molar refractivity (Wildman–Crippen MR) is 112 cm³/mol. The van der Waals surface area contributed by atoms with E-state index < -0.39 is 0 Å². The molecule has 9 heteroatoms. The van der Waals surface area contributed by atoms with Crippen LogP contribution >= 0.6 is 0 Å². The highest BCUT2D eigenvalue weighted by Crippen LogP contribution is 2.40. The summed E-state index contributed by atoms with van der Waals surface area (Å²) in [4.78, 5) is 24.2. The number of aromatic nitrogens is 2. The van der Waals surface area contributed by atoms with Crippen molar-refractivity contribution in [1.29, 1.82) is 0 Å². The van der Waals surface area contributed by atoms with Crippen LogP contribution in [0.15, 0.2) is 30.6 Å². The normalized spacial score (nSPS) is 17.4. The molecule has 1 aliphatic carbocycles. The van der Waals surface area contributed by atoms with Crippen molar-refractivity contribution in [1.82, 2.24) is 14.9 Å². The molecule has 158 valence electrons. The smallest absolute Gasteiger partial charge is 0.409 e. The Hall–Kier alpha value is -3.36. The zero-order chi connectivity index (χ0) is 21.3. The highest BCUT2D eigenvalue weighted by molar-refractivity contribution is 6.11. The zero-order valence-electron chi connectivity index (χ0n) is 17.3. The number of carbonyl (C=O) groups excluding carboxylic acids is 1. The first-order chi connectivity index (χ1) is 14.4. The highest BCUT2D eigenvalue weighted by Gasteiger charge is 2.40. The van der Waals surface area contributed by atoms with Crippen molar-refractivity contribution in [3.8, 4) is 5.75 Å². The number of piperazine rings is 1. The Labute approximate surface area is 175 Å². The first-order valence-electron chi connectivity index (χ1n) is 10.0. The average Bonchev–Trinajstić information content (AvgIpc) is 3.50. The van der Waals surface area contributed by atoms with Crippen LogP contribution in [-0.2, 0) is 4.74 Å². The molecule has 2 fully saturated rings. The minimum absolute atomic E-state index is 0.0867. The van der Waals surface area contributed by atoms with Crippen LogP contribution in [0.25, 0.3) is 0 Å². The molecule has 0 unspecified atom stereocenters. The third-order valence-corrected chi connectivity index (χ3v) is 5.60. The van der Waals surface area contributed by atoms with E-state index in [4.69, 9.17) is 20.6 Å². The third kappa shape index (κ3) is 4.14. The van der Waals surface area contributed by atoms with E-state index >= 15 is 0 Å². The van der Waals surface area contributed by atoms with Crippen LogP contribution in [0.4, 0.5) is 16.3 Å². The SMILES string of the molecule is COC(=O)N1CCN(c2cc(C(=[NH2+])c3cc(OC4(C)CC4)ccc3N)ncn2)CC1. The number of methoxy groups -OCH3 is 1. The van der Waals surface area contributed by atoms with Gasteiger partial charge in [-0.1, -0.05) is 0 Å². The molecule has 4 N–H and O–H groups in total. The lowest BCUT2D eigenvalue weighted by Crippen LogP contribution is -2.49. The third-order valence-electron chi connectivity index (χ3n) is 5.60. The van der Waals surface area contributed by atoms with Gasteiger partial charge in [-0.2, -0.15) is 0 Å². The quantitative estimate of drug-likeness (QED) is 0.542. The molecular formula is C21H27N6O3+. The number of nitrogens with zero attached hydrogens (tertiary/aromatic N) is 4. The van der Waals surface area contributed by atoms with Crippen molar-refractivity contribution in [2.24, 2.45) is 0 Å². The van der Waals surface area contributed by atoms with E-state index in [0.717, 1.165) is 24.4 Å². The maximum atomic E-state index is 11.7. The fourth-order valence-electron chi connectivity index (χ4n) is 3.45. The number of hydrogen-bond donors (Lipinski definition) is 2. The van der Waals surface area contributed by atoms with E-state index in [2.05, 4.69) is 21.8 Å². The number of nitrogen functional groups attached to an aromatic ring is 1. The van der Waals surface area contributed by atoms with Crippen LogP contribution in [-0.4, -0.2) is 65.6 Å². The number of ether oxygens (including phenoxy) is 2. The lowest BCUT2D eigenvalue weighted by molar-refractivity contribution is -0.111. The number of nitrogens with two attached hydrogens (primary N) is 2. The number of anilines is 2. The Morgan fingerprint density at radius 1 is 1.17 bits per heavy atom. The van der Waals surface area contributed by atoms with E-state index in [9.17, 15) is 4.79 Å². The number of amides is 1. The molecule has 2 heterocycles. The molecule has 1 aromatic carbocycles. The van der Waals surface area contributed by atoms with Gasteiger partial charge in [0.25, 0.3) is 0 Å². The Morgan fingerprint density at radius 2 is 1.90 bits per heavy atom. The number of rotatable bonds is 5. The lowest BCUT2D eigenvalue weighted by atomic mass is 10.0. The first-order valence-corrected chi connectivity index (χ1v) is 10.0. The maximum absolute atomic E-state index is 11.7. The molecule has 0 bridgehead atoms. The Bertz CT molecular complexity index is 967. The fraction of sp³-hybridized carbons (Fsp3) is 0.429. The largest absolute Gasteiger partial charge is 0.488 e. The fourth-order valence-corrected chi connectivity index (χ4v) is 3.45. The van der Waals surface area contributed by atoms with Crippen molar-refractivity contribution in [3.05, 3.63) is 41.9 Å². The molecule has 1 saturated heterocycles. The van der Waals surface area contributed by atoms with Crippen LogP contribution in [0.2, 0.25) is 0 Å². The molecule has 0 spiro atoms. The van der Waals surface area contributed by atoms with Crippen molar-refractivity contribution < 1.29 is 19.7 Å². The molecule has 2 aromatic rings. The van der Waals surface area contributed by atoms with Gasteiger partial charge in [0, 0.05) is 37.9 Å². The molecule has 1 aliphatic heterocycles. The number of hydrogen-bond acceptors (Lipinski definition) is 7. The minimum atomic E-state index is -0.312. The second-order valence-electron chi connectivity index (χ2n) is 7.92. The molecule has 2 aliphatic rings. The Balaban J connectivity index is 1.51. The van der Waals surface area contributed by atoms with Crippen LogP contribution in [0, 0.1) is 0 Å². The standard InChI is InChI=1S/C21H26N6O3/c1-21(5-6-21)30-14-3-4-16(22)15(11-14)19(23)17-12-18(25-13-24-17)26-7-9-27(10-8-26)20(28)29-2/h3-4,11-13,23H,5-10,22H2,1-2H3/p+1. The summed E-state index contributed by atoms with van der Waals surface area (Å²) in [7, 11) is 1.39. The van der Waals surface area contributed by atoms with Gasteiger partial charge in [-0.05, 0) is 38.0 Å². The molecule has 1 amide bonds. The summed E-state index contributed by atoms with van der Waals surface area (Å²) >= 11 is 0. The van der Waals surface area contributed by atoms with E-state index in [0.29, 0.717) is 48.8 Å². The van der Waals surface area contributed by atoms with Gasteiger partial charge in [-0.3, -0.25) is 5.41 Å². The van der Waals surface area contributed by atoms with Gasteiger partial charge in [0.2, 0.25) is 5.71 Å². The molecular weight excluding hydrogens is 384 g/mol. The van der Waals surface area contributed by atoms with Crippen molar-refractivity contribution in [2.45, 2.75) is 25.4 Å². The van der Waals surface area contributed by atoms with Gasteiger partial charge in [-0.25, -0.2) is 14.8 Å². The summed E-state index contributed by atoms with van der Waals surface area (Å²) in [6.07, 6.45) is 3.27. The topological polar surface area (TPSA) is 119 Å². The van der Waals surface area contributed by atoms with Crippen LogP contribution in [0.3, 0.4) is 0 Å². The van der Waals surface area contributed by atoms with Crippen LogP contribution < -0.4 is 20.8 Å². The summed E-state index contributed by atoms with van der Waals surface area (Å²) in [5, 5.41) is 6.45. The monoisotopic (exact) mass is 411 g/mol. The second-order valence-corrected chi connectivity index (χ2v) is 7.92. The predicted octanol–water partition coefficient (Wildman–Crippen LogP) is 0.475. The van der Waals surface area contributed by atoms with Gasteiger partial charge in [0.05, 0.1) is 12.7 Å². The molecule has 4 rings (SSSR count). The summed E-state index contributed by atoms with van der Waals surface area (Å²) in [6.45, 7) is 4.52. The Kier molecular flexibility index (Phi) is 5.19. The molecule has 1 aromatic heterocycles. The van der Waals surface area contributed by atoms with Gasteiger partial charge in [0.1, 0.15) is 29.2 Å². The summed E-state index contributed by atoms with van der Waals surface area (Å²) in [5.41, 5.74) is 8.42. The zero-order valence-corrected chi connectivity index (χ0v) is 17.3. The van der Waals surface area contributed by atoms with Gasteiger partial charge < -0.3 is 25.0 Å². The van der Waals surface area contributed by atoms with E-state index in [1.54, 1.807) is 11.0 Å². The number of benzene rings is 1. The van der Waals surface area contributed by atoms with Crippen LogP contribution in [0.1, 0.15) is 31.0 Å². The second kappa shape index (κ2) is 7.81. The van der Waals surface area contributed by atoms with Gasteiger partial charge >= 0.3 is 6.09 Å². The lowest BCUT2D eigenvalue weighted by Gasteiger charge is -2.34. The molecule has 1 saturated carbocycles. The molecule has 0 atom stereocenters. The molecule has 9 nitrogen and oxygen atoms in total. The summed E-state index contributed by atoms with van der Waals surface area (Å²) < 4.78 is 10.8. The van der Waals surface area contributed by atoms with E-state index in [1.165, 1.54) is 13.4 Å². The summed E-state index contributed by atoms with van der Waals surface area (Å²) in [6, 6.07) is 7.38. The maximum Gasteiger partial charge on any atom is 0.409 e. The van der Waals surface area contributed by atoms with Gasteiger partial charge in [0.15, 0.2) is 0 Å². The van der Waals surface area contributed by atoms with Crippen molar-refractivity contribution >= 4 is 23.3 Å². The Morgan fingerprint density at radius 3 is 2.57 bits per heavy atom. The van der Waals surface area contributed by atoms with E-state index in [-0.39, 0.29) is 11.7 Å². The molecule has 30 heavy (non-hydrogen) atoms. The highest BCUT2D eigenvalue weighted by atomic mass is 16.5. The van der Waals surface area contributed by atoms with Crippen molar-refractivity contribution in [3.63, 3.8) is 0 Å². The van der Waals surface area contributed by atoms with Gasteiger partial charge in [-0.15, -0.1) is 0 Å². The van der Waals surface area contributed by atoms with Crippen LogP contribution in [0.5, 0.6) is 5.75 Å². The number of carbonyl (C=O) groups is 1. The van der Waals surface area contributed by atoms with Crippen molar-refractivity contribution in [2.75, 3.05) is 43.9 Å². The van der Waals surface area contributed by atoms with E-state index in [1.807, 2.05) is 18.2 Å². The summed E-state index contributed by atoms with van der Waals surface area (Å²) in [5.74, 6) is 1.50. The molecule has 0 radical (unpaired) electrons.